The zero-order valence-electron chi connectivity index (χ0n) is 16.7. The maximum absolute atomic E-state index is 13.1. The van der Waals surface area contributed by atoms with Crippen molar-refractivity contribution in [3.8, 4) is 0 Å². The lowest BCUT2D eigenvalue weighted by molar-refractivity contribution is -0.126. The van der Waals surface area contributed by atoms with Gasteiger partial charge in [0.2, 0.25) is 5.91 Å². The number of nitrogens with zero attached hydrogens (tertiary/aromatic N) is 1. The molecule has 0 radical (unpaired) electrons. The van der Waals surface area contributed by atoms with Gasteiger partial charge < -0.3 is 20.6 Å². The number of benzene rings is 1. The summed E-state index contributed by atoms with van der Waals surface area (Å²) in [7, 11) is 0. The van der Waals surface area contributed by atoms with Gasteiger partial charge in [-0.15, -0.1) is 0 Å². The Kier molecular flexibility index (Phi) is 5.47. The zero-order chi connectivity index (χ0) is 19.8. The molecule has 27 heavy (non-hydrogen) atoms. The van der Waals surface area contributed by atoms with Gasteiger partial charge in [-0.25, -0.2) is 4.79 Å². The summed E-state index contributed by atoms with van der Waals surface area (Å²) in [6.07, 6.45) is 1.86. The first kappa shape index (κ1) is 19.7. The van der Waals surface area contributed by atoms with Crippen molar-refractivity contribution < 1.29 is 14.7 Å². The number of carbonyl (C=O) groups excluding carboxylic acids is 2. The van der Waals surface area contributed by atoms with Crippen molar-refractivity contribution in [1.29, 1.82) is 0 Å². The largest absolute Gasteiger partial charge is 0.390 e. The van der Waals surface area contributed by atoms with E-state index in [1.165, 1.54) is 0 Å². The highest BCUT2D eigenvalue weighted by Crippen LogP contribution is 2.32. The molecule has 2 aliphatic rings. The summed E-state index contributed by atoms with van der Waals surface area (Å²) in [4.78, 5) is 27.6. The summed E-state index contributed by atoms with van der Waals surface area (Å²) in [5.41, 5.74) is 1.55. The van der Waals surface area contributed by atoms with Crippen molar-refractivity contribution in [1.82, 2.24) is 15.5 Å². The summed E-state index contributed by atoms with van der Waals surface area (Å²) in [6.45, 7) is 8.56. The van der Waals surface area contributed by atoms with E-state index < -0.39 is 23.6 Å². The number of amides is 3. The van der Waals surface area contributed by atoms with E-state index in [-0.39, 0.29) is 18.0 Å². The maximum atomic E-state index is 13.1. The normalized spacial score (nSPS) is 25.8. The van der Waals surface area contributed by atoms with Gasteiger partial charge in [0, 0.05) is 19.0 Å². The van der Waals surface area contributed by atoms with E-state index in [0.717, 1.165) is 30.5 Å². The molecule has 4 atom stereocenters. The van der Waals surface area contributed by atoms with E-state index in [1.54, 1.807) is 4.90 Å². The lowest BCUT2D eigenvalue weighted by Crippen LogP contribution is -2.57. The van der Waals surface area contributed by atoms with Crippen LogP contribution in [0.5, 0.6) is 0 Å². The quantitative estimate of drug-likeness (QED) is 0.761. The van der Waals surface area contributed by atoms with Crippen LogP contribution in [-0.2, 0) is 11.2 Å². The van der Waals surface area contributed by atoms with Crippen LogP contribution in [0, 0.1) is 5.41 Å². The molecule has 0 bridgehead atoms. The Morgan fingerprint density at radius 2 is 1.96 bits per heavy atom. The fraction of sp³-hybridized carbons (Fsp3) is 0.619. The highest BCUT2D eigenvalue weighted by molar-refractivity contribution is 5.88. The van der Waals surface area contributed by atoms with Gasteiger partial charge in [0.25, 0.3) is 0 Å². The lowest BCUT2D eigenvalue weighted by Gasteiger charge is -2.34. The van der Waals surface area contributed by atoms with Crippen LogP contribution in [0.3, 0.4) is 0 Å². The van der Waals surface area contributed by atoms with Crippen molar-refractivity contribution in [3.05, 3.63) is 35.4 Å². The van der Waals surface area contributed by atoms with Crippen LogP contribution in [0.15, 0.2) is 24.3 Å². The van der Waals surface area contributed by atoms with Gasteiger partial charge in [0.05, 0.1) is 12.1 Å². The molecule has 6 heteroatoms. The summed E-state index contributed by atoms with van der Waals surface area (Å²) >= 11 is 0. The Balaban J connectivity index is 1.74. The summed E-state index contributed by atoms with van der Waals surface area (Å²) in [5, 5.41) is 16.3. The third-order valence-electron chi connectivity index (χ3n) is 5.71. The van der Waals surface area contributed by atoms with Crippen molar-refractivity contribution in [2.45, 2.75) is 71.2 Å². The van der Waals surface area contributed by atoms with Crippen molar-refractivity contribution in [2.75, 3.05) is 6.54 Å². The fourth-order valence-corrected chi connectivity index (χ4v) is 4.10. The molecular formula is C21H31N3O3. The standard InChI is InChI=1S/C21H31N3O3/c1-13-8-7-11-24(13)20(27)23-18(21(2,3)4)19(26)22-17-15-10-6-5-9-14(15)12-16(17)25/h5-6,9-10,13,16-18,25H,7-8,11-12H2,1-4H3,(H,22,26)(H,23,27). The van der Waals surface area contributed by atoms with Crippen molar-refractivity contribution in [3.63, 3.8) is 0 Å². The van der Waals surface area contributed by atoms with Crippen molar-refractivity contribution in [2.24, 2.45) is 5.41 Å². The van der Waals surface area contributed by atoms with Crippen molar-refractivity contribution >= 4 is 11.9 Å². The zero-order valence-corrected chi connectivity index (χ0v) is 16.7. The van der Waals surface area contributed by atoms with Gasteiger partial charge in [-0.3, -0.25) is 4.79 Å². The van der Waals surface area contributed by atoms with Gasteiger partial charge in [-0.2, -0.15) is 0 Å². The second-order valence-electron chi connectivity index (χ2n) is 8.89. The van der Waals surface area contributed by atoms with Crippen LogP contribution in [0.4, 0.5) is 4.79 Å². The Labute approximate surface area is 161 Å². The van der Waals surface area contributed by atoms with Crippen LogP contribution in [0.25, 0.3) is 0 Å². The molecule has 1 fully saturated rings. The molecule has 0 saturated carbocycles. The number of hydrogen-bond donors (Lipinski definition) is 3. The van der Waals surface area contributed by atoms with E-state index >= 15 is 0 Å². The number of hydrogen-bond acceptors (Lipinski definition) is 3. The van der Waals surface area contributed by atoms with Crippen LogP contribution >= 0.6 is 0 Å². The van der Waals surface area contributed by atoms with E-state index in [9.17, 15) is 14.7 Å². The van der Waals surface area contributed by atoms with Crippen LogP contribution in [0.1, 0.15) is 57.7 Å². The van der Waals surface area contributed by atoms with E-state index in [1.807, 2.05) is 52.0 Å². The van der Waals surface area contributed by atoms with E-state index in [2.05, 4.69) is 10.6 Å². The van der Waals surface area contributed by atoms with Gasteiger partial charge in [-0.05, 0) is 36.3 Å². The smallest absolute Gasteiger partial charge is 0.318 e. The number of fused-ring (bicyclic) bond motifs is 1. The number of urea groups is 1. The van der Waals surface area contributed by atoms with Crippen LogP contribution in [-0.4, -0.2) is 46.7 Å². The minimum absolute atomic E-state index is 0.192. The first-order chi connectivity index (χ1) is 12.7. The maximum Gasteiger partial charge on any atom is 0.318 e. The van der Waals surface area contributed by atoms with E-state index in [0.29, 0.717) is 6.42 Å². The summed E-state index contributed by atoms with van der Waals surface area (Å²) in [5.74, 6) is -0.261. The van der Waals surface area contributed by atoms with Crippen LogP contribution < -0.4 is 10.6 Å². The molecule has 1 aromatic rings. The monoisotopic (exact) mass is 373 g/mol. The number of nitrogens with one attached hydrogen (secondary N) is 2. The van der Waals surface area contributed by atoms with Gasteiger partial charge in [-0.1, -0.05) is 45.0 Å². The fourth-order valence-electron chi connectivity index (χ4n) is 4.10. The molecule has 3 N–H and O–H groups in total. The Morgan fingerprint density at radius 1 is 1.26 bits per heavy atom. The minimum atomic E-state index is -0.683. The Morgan fingerprint density at radius 3 is 2.59 bits per heavy atom. The highest BCUT2D eigenvalue weighted by atomic mass is 16.3. The summed E-state index contributed by atoms with van der Waals surface area (Å²) < 4.78 is 0. The minimum Gasteiger partial charge on any atom is -0.390 e. The Bertz CT molecular complexity index is 713. The molecule has 3 rings (SSSR count). The third-order valence-corrected chi connectivity index (χ3v) is 5.71. The molecular weight excluding hydrogens is 342 g/mol. The first-order valence-corrected chi connectivity index (χ1v) is 9.82. The molecule has 1 aliphatic heterocycles. The Hall–Kier alpha value is -2.08. The molecule has 4 unspecified atom stereocenters. The number of carbonyl (C=O) groups is 2. The molecule has 0 aromatic heterocycles. The van der Waals surface area contributed by atoms with Gasteiger partial charge in [0.15, 0.2) is 0 Å². The topological polar surface area (TPSA) is 81.7 Å². The average Bonchev–Trinajstić information content (AvgIpc) is 3.15. The molecule has 1 heterocycles. The van der Waals surface area contributed by atoms with Gasteiger partial charge >= 0.3 is 6.03 Å². The molecule has 0 spiro atoms. The second-order valence-corrected chi connectivity index (χ2v) is 8.89. The number of likely N-dealkylation sites (tertiary alicyclic amines) is 1. The molecule has 1 aromatic carbocycles. The first-order valence-electron chi connectivity index (χ1n) is 9.82. The van der Waals surface area contributed by atoms with E-state index in [4.69, 9.17) is 0 Å². The average molecular weight is 373 g/mol. The lowest BCUT2D eigenvalue weighted by atomic mass is 9.86. The molecule has 1 aliphatic carbocycles. The van der Waals surface area contributed by atoms with Crippen LogP contribution in [0.2, 0.25) is 0 Å². The molecule has 148 valence electrons. The number of aliphatic hydroxyl groups excluding tert-OH is 1. The van der Waals surface area contributed by atoms with Gasteiger partial charge in [0.1, 0.15) is 6.04 Å². The SMILES string of the molecule is CC1CCCN1C(=O)NC(C(=O)NC1c2ccccc2CC1O)C(C)(C)C. The predicted molar refractivity (Wildman–Crippen MR) is 104 cm³/mol. The number of rotatable bonds is 3. The second kappa shape index (κ2) is 7.50. The third kappa shape index (κ3) is 4.10. The molecule has 6 nitrogen and oxygen atoms in total. The number of aliphatic hydroxyl groups is 1. The highest BCUT2D eigenvalue weighted by Gasteiger charge is 2.39. The molecule has 3 amide bonds. The summed E-state index contributed by atoms with van der Waals surface area (Å²) in [6, 6.07) is 6.63. The molecule has 1 saturated heterocycles. The predicted octanol–water partition coefficient (Wildman–Crippen LogP) is 2.37.